The van der Waals surface area contributed by atoms with E-state index in [4.69, 9.17) is 10.3 Å². The number of hydrogen-bond donors (Lipinski definition) is 1. The molecule has 0 saturated carbocycles. The first kappa shape index (κ1) is 12.3. The summed E-state index contributed by atoms with van der Waals surface area (Å²) in [5.74, 6) is 0.869. The molecule has 2 aromatic heterocycles. The third kappa shape index (κ3) is 2.11. The molecule has 2 N–H and O–H groups in total. The highest BCUT2D eigenvalue weighted by Crippen LogP contribution is 2.28. The summed E-state index contributed by atoms with van der Waals surface area (Å²) in [6.07, 6.45) is 3.08. The van der Waals surface area contributed by atoms with Crippen molar-refractivity contribution >= 4 is 5.69 Å². The summed E-state index contributed by atoms with van der Waals surface area (Å²) in [7, 11) is 0. The average molecular weight is 267 g/mol. The number of anilines is 1. The zero-order chi connectivity index (χ0) is 14.1. The van der Waals surface area contributed by atoms with Crippen LogP contribution in [0.4, 0.5) is 5.69 Å². The zero-order valence-corrected chi connectivity index (χ0v) is 11.2. The van der Waals surface area contributed by atoms with E-state index in [9.17, 15) is 0 Å². The number of aryl methyl sites for hydroxylation is 1. The maximum absolute atomic E-state index is 5.87. The van der Waals surface area contributed by atoms with E-state index in [1.165, 1.54) is 6.33 Å². The Kier molecular flexibility index (Phi) is 2.90. The van der Waals surface area contributed by atoms with E-state index in [1.54, 1.807) is 12.3 Å². The van der Waals surface area contributed by atoms with E-state index < -0.39 is 0 Å². The summed E-state index contributed by atoms with van der Waals surface area (Å²) in [5.41, 5.74) is 10.2. The van der Waals surface area contributed by atoms with Crippen molar-refractivity contribution in [2.45, 2.75) is 13.8 Å². The van der Waals surface area contributed by atoms with E-state index in [-0.39, 0.29) is 0 Å². The Morgan fingerprint density at radius 2 is 2.05 bits per heavy atom. The summed E-state index contributed by atoms with van der Waals surface area (Å²) in [6.45, 7) is 4.00. The Labute approximate surface area is 115 Å². The fraction of sp³-hybridized carbons (Fsp3) is 0.143. The van der Waals surface area contributed by atoms with E-state index in [1.807, 2.05) is 26.0 Å². The van der Waals surface area contributed by atoms with Crippen LogP contribution in [-0.2, 0) is 0 Å². The molecule has 3 aromatic rings. The van der Waals surface area contributed by atoms with E-state index in [2.05, 4.69) is 20.1 Å². The first-order chi connectivity index (χ1) is 9.65. The molecule has 0 aliphatic rings. The zero-order valence-electron chi connectivity index (χ0n) is 11.2. The molecule has 6 heteroatoms. The van der Waals surface area contributed by atoms with Gasteiger partial charge in [-0.25, -0.2) is 9.97 Å². The van der Waals surface area contributed by atoms with E-state index in [0.717, 1.165) is 16.7 Å². The molecule has 0 unspecified atom stereocenters. The molecule has 0 atom stereocenters. The maximum atomic E-state index is 5.87. The molecule has 0 bridgehead atoms. The number of benzene rings is 1. The minimum atomic E-state index is 0.432. The number of rotatable bonds is 2. The van der Waals surface area contributed by atoms with Crippen LogP contribution in [0.1, 0.15) is 11.1 Å². The van der Waals surface area contributed by atoms with Crippen LogP contribution in [0.25, 0.3) is 23.0 Å². The van der Waals surface area contributed by atoms with Gasteiger partial charge in [0.15, 0.2) is 0 Å². The number of hydrogen-bond acceptors (Lipinski definition) is 6. The second-order valence-electron chi connectivity index (χ2n) is 4.53. The first-order valence-electron chi connectivity index (χ1n) is 6.12. The summed E-state index contributed by atoms with van der Waals surface area (Å²) in [4.78, 5) is 12.3. The molecule has 0 radical (unpaired) electrons. The van der Waals surface area contributed by atoms with Crippen LogP contribution < -0.4 is 5.73 Å². The van der Waals surface area contributed by atoms with Crippen LogP contribution in [0.5, 0.6) is 0 Å². The maximum Gasteiger partial charge on any atom is 0.258 e. The van der Waals surface area contributed by atoms with Crippen molar-refractivity contribution in [2.75, 3.05) is 5.73 Å². The van der Waals surface area contributed by atoms with Gasteiger partial charge in [-0.3, -0.25) is 0 Å². The lowest BCUT2D eigenvalue weighted by molar-refractivity contribution is 0.432. The van der Waals surface area contributed by atoms with Gasteiger partial charge in [0.2, 0.25) is 5.82 Å². The molecule has 3 rings (SSSR count). The standard InChI is InChI=1S/C14H13N5O/c1-8-5-10(15)6-11(9(8)2)14-18-13(19-20-14)12-3-4-16-7-17-12/h3-7H,15H2,1-2H3. The summed E-state index contributed by atoms with van der Waals surface area (Å²) in [5, 5.41) is 3.95. The van der Waals surface area contributed by atoms with Crippen LogP contribution in [-0.4, -0.2) is 20.1 Å². The number of nitrogen functional groups attached to an aromatic ring is 1. The second-order valence-corrected chi connectivity index (χ2v) is 4.53. The Hall–Kier alpha value is -2.76. The highest BCUT2D eigenvalue weighted by atomic mass is 16.5. The van der Waals surface area contributed by atoms with Crippen molar-refractivity contribution in [1.29, 1.82) is 0 Å². The van der Waals surface area contributed by atoms with Crippen LogP contribution in [0.15, 0.2) is 35.2 Å². The lowest BCUT2D eigenvalue weighted by Crippen LogP contribution is -1.93. The Balaban J connectivity index is 2.07. The highest BCUT2D eigenvalue weighted by molar-refractivity contribution is 5.67. The summed E-state index contributed by atoms with van der Waals surface area (Å²) < 4.78 is 5.32. The number of nitrogens with two attached hydrogens (primary N) is 1. The Morgan fingerprint density at radius 1 is 1.20 bits per heavy atom. The lowest BCUT2D eigenvalue weighted by atomic mass is 10.0. The monoisotopic (exact) mass is 267 g/mol. The SMILES string of the molecule is Cc1cc(N)cc(-c2nc(-c3ccncn3)no2)c1C. The minimum Gasteiger partial charge on any atom is -0.399 e. The largest absolute Gasteiger partial charge is 0.399 e. The van der Waals surface area contributed by atoms with Gasteiger partial charge in [0.05, 0.1) is 0 Å². The molecule has 1 aromatic carbocycles. The molecule has 100 valence electrons. The quantitative estimate of drug-likeness (QED) is 0.717. The molecule has 0 saturated heterocycles. The molecular weight excluding hydrogens is 254 g/mol. The van der Waals surface area contributed by atoms with Gasteiger partial charge in [-0.1, -0.05) is 5.16 Å². The average Bonchev–Trinajstić information content (AvgIpc) is 2.93. The van der Waals surface area contributed by atoms with Gasteiger partial charge in [0.25, 0.3) is 5.89 Å². The number of aromatic nitrogens is 4. The van der Waals surface area contributed by atoms with Crippen LogP contribution in [0, 0.1) is 13.8 Å². The third-order valence-corrected chi connectivity index (χ3v) is 3.16. The van der Waals surface area contributed by atoms with Gasteiger partial charge >= 0.3 is 0 Å². The number of nitrogens with zero attached hydrogens (tertiary/aromatic N) is 4. The predicted molar refractivity (Wildman–Crippen MR) is 74.6 cm³/mol. The fourth-order valence-electron chi connectivity index (χ4n) is 1.97. The Bertz CT molecular complexity index is 752. The van der Waals surface area contributed by atoms with Gasteiger partial charge in [-0.2, -0.15) is 4.98 Å². The van der Waals surface area contributed by atoms with Crippen molar-refractivity contribution in [3.05, 3.63) is 41.9 Å². The smallest absolute Gasteiger partial charge is 0.258 e. The molecule has 0 aliphatic heterocycles. The molecule has 0 spiro atoms. The van der Waals surface area contributed by atoms with Crippen molar-refractivity contribution in [2.24, 2.45) is 0 Å². The molecule has 6 nitrogen and oxygen atoms in total. The lowest BCUT2D eigenvalue weighted by Gasteiger charge is -2.06. The first-order valence-corrected chi connectivity index (χ1v) is 6.12. The second kappa shape index (κ2) is 4.73. The summed E-state index contributed by atoms with van der Waals surface area (Å²) >= 11 is 0. The van der Waals surface area contributed by atoms with E-state index >= 15 is 0 Å². The fourth-order valence-corrected chi connectivity index (χ4v) is 1.97. The van der Waals surface area contributed by atoms with Gasteiger partial charge in [0, 0.05) is 17.4 Å². The van der Waals surface area contributed by atoms with Gasteiger partial charge in [0.1, 0.15) is 12.0 Å². The molecule has 0 amide bonds. The predicted octanol–water partition coefficient (Wildman–Crippen LogP) is 2.39. The topological polar surface area (TPSA) is 90.7 Å². The van der Waals surface area contributed by atoms with Crippen LogP contribution in [0.2, 0.25) is 0 Å². The van der Waals surface area contributed by atoms with Gasteiger partial charge in [-0.05, 0) is 43.2 Å². The minimum absolute atomic E-state index is 0.432. The van der Waals surface area contributed by atoms with Crippen LogP contribution >= 0.6 is 0 Å². The molecular formula is C14H13N5O. The van der Waals surface area contributed by atoms with Gasteiger partial charge in [-0.15, -0.1) is 0 Å². The Morgan fingerprint density at radius 3 is 2.80 bits per heavy atom. The van der Waals surface area contributed by atoms with Crippen LogP contribution in [0.3, 0.4) is 0 Å². The normalized spacial score (nSPS) is 10.7. The summed E-state index contributed by atoms with van der Waals surface area (Å²) in [6, 6.07) is 5.48. The van der Waals surface area contributed by atoms with Crippen molar-refractivity contribution < 1.29 is 4.52 Å². The van der Waals surface area contributed by atoms with Crippen molar-refractivity contribution in [3.8, 4) is 23.0 Å². The van der Waals surface area contributed by atoms with Crippen molar-refractivity contribution in [3.63, 3.8) is 0 Å². The third-order valence-electron chi connectivity index (χ3n) is 3.16. The van der Waals surface area contributed by atoms with Crippen molar-refractivity contribution in [1.82, 2.24) is 20.1 Å². The highest BCUT2D eigenvalue weighted by Gasteiger charge is 2.14. The van der Waals surface area contributed by atoms with Gasteiger partial charge < -0.3 is 10.3 Å². The molecule has 0 aliphatic carbocycles. The molecule has 2 heterocycles. The molecule has 20 heavy (non-hydrogen) atoms. The van der Waals surface area contributed by atoms with E-state index in [0.29, 0.717) is 23.1 Å². The molecule has 0 fully saturated rings.